The molecular formula is C51H55FGeIrN2O-2. The summed E-state index contributed by atoms with van der Waals surface area (Å²) in [7, 11) is 0. The van der Waals surface area contributed by atoms with Crippen molar-refractivity contribution in [3.63, 3.8) is 0 Å². The molecule has 0 unspecified atom stereocenters. The molecule has 1 radical (unpaired) electrons. The number of nitrogens with zero attached hydrogens (tertiary/aromatic N) is 2. The fourth-order valence-corrected chi connectivity index (χ4v) is 11.8. The number of furan rings is 1. The van der Waals surface area contributed by atoms with Gasteiger partial charge in [-0.05, 0) is 84.8 Å². The van der Waals surface area contributed by atoms with E-state index in [1.807, 2.05) is 38.1 Å². The van der Waals surface area contributed by atoms with Crippen LogP contribution in [-0.4, -0.2) is 23.2 Å². The summed E-state index contributed by atoms with van der Waals surface area (Å²) in [4.78, 5) is 9.53. The van der Waals surface area contributed by atoms with Crippen LogP contribution < -0.4 is 4.40 Å². The Labute approximate surface area is 355 Å². The van der Waals surface area contributed by atoms with Crippen LogP contribution in [0.15, 0.2) is 95.7 Å². The summed E-state index contributed by atoms with van der Waals surface area (Å²) in [5, 5.41) is 2.12. The van der Waals surface area contributed by atoms with Gasteiger partial charge < -0.3 is 9.40 Å². The third-order valence-electron chi connectivity index (χ3n) is 11.2. The van der Waals surface area contributed by atoms with Gasteiger partial charge in [0.2, 0.25) is 0 Å². The van der Waals surface area contributed by atoms with Crippen molar-refractivity contribution in [1.29, 1.82) is 0 Å². The third kappa shape index (κ3) is 10.0. The molecule has 1 aliphatic rings. The quantitative estimate of drug-likeness (QED) is 0.118. The molecule has 57 heavy (non-hydrogen) atoms. The standard InChI is InChI=1S/C32H29FNO.C19H26GeN.Ir/c1-19-14-29(34-18-25(19)15-22-6-4-5-7-22)23-9-11-30-28(16-23)27-10-8-24(17-31(27)35-30)32-20(2)12-26(33)13-21(32)3;1-19(2,3)13-16-12-18(15-10-8-7-9-11-15)21-14-17(16)20(4,5)6;/h8,10-14,16-18,22H,4-7,15H2,1-3H3;7-10,12,14H,13H2,1-6H3;/q2*-1;. The Balaban J connectivity index is 0.000000215. The van der Waals surface area contributed by atoms with Crippen LogP contribution >= 0.6 is 0 Å². The predicted octanol–water partition coefficient (Wildman–Crippen LogP) is 13.6. The molecule has 3 aromatic heterocycles. The van der Waals surface area contributed by atoms with Gasteiger partial charge in [0.05, 0.1) is 5.58 Å². The van der Waals surface area contributed by atoms with Crippen LogP contribution in [0.5, 0.6) is 0 Å². The van der Waals surface area contributed by atoms with Gasteiger partial charge in [-0.2, -0.15) is 0 Å². The number of aryl methyl sites for hydroxylation is 3. The number of rotatable bonds is 7. The molecule has 7 aromatic rings. The molecule has 1 saturated carbocycles. The van der Waals surface area contributed by atoms with E-state index in [9.17, 15) is 4.39 Å². The molecule has 0 N–H and O–H groups in total. The summed E-state index contributed by atoms with van der Waals surface area (Å²) in [6, 6.07) is 32.7. The minimum Gasteiger partial charge on any atom is -0.500 e. The third-order valence-corrected chi connectivity index (χ3v) is 15.5. The maximum Gasteiger partial charge on any atom is 0.123 e. The van der Waals surface area contributed by atoms with Crippen LogP contribution in [0.3, 0.4) is 0 Å². The van der Waals surface area contributed by atoms with Crippen molar-refractivity contribution >= 4 is 39.6 Å². The van der Waals surface area contributed by atoms with Crippen molar-refractivity contribution in [2.24, 2.45) is 11.3 Å². The Hall–Kier alpha value is -3.90. The molecule has 0 spiro atoms. The normalized spacial score (nSPS) is 13.4. The first-order valence-electron chi connectivity index (χ1n) is 20.2. The van der Waals surface area contributed by atoms with E-state index in [0.717, 1.165) is 85.5 Å². The van der Waals surface area contributed by atoms with Crippen LogP contribution in [-0.2, 0) is 32.9 Å². The summed E-state index contributed by atoms with van der Waals surface area (Å²) < 4.78 is 21.5. The minimum atomic E-state index is -1.90. The molecule has 1 aliphatic carbocycles. The van der Waals surface area contributed by atoms with E-state index in [1.54, 1.807) is 12.1 Å². The van der Waals surface area contributed by atoms with E-state index < -0.39 is 13.3 Å². The van der Waals surface area contributed by atoms with Gasteiger partial charge in [-0.1, -0.05) is 54.8 Å². The van der Waals surface area contributed by atoms with Gasteiger partial charge in [-0.3, -0.25) is 0 Å². The second-order valence-electron chi connectivity index (χ2n) is 18.2. The average Bonchev–Trinajstić information content (AvgIpc) is 3.79. The van der Waals surface area contributed by atoms with Gasteiger partial charge in [-0.25, -0.2) is 4.39 Å². The molecular weight excluding hydrogens is 940 g/mol. The fraction of sp³-hybridized carbons (Fsp3) is 0.333. The number of aromatic nitrogens is 2. The number of hydrogen-bond acceptors (Lipinski definition) is 3. The minimum absolute atomic E-state index is 0. The van der Waals surface area contributed by atoms with Crippen LogP contribution in [0, 0.1) is 50.1 Å². The number of benzene rings is 4. The van der Waals surface area contributed by atoms with E-state index >= 15 is 0 Å². The Morgan fingerprint density at radius 2 is 1.46 bits per heavy atom. The van der Waals surface area contributed by atoms with Crippen LogP contribution in [0.1, 0.15) is 74.3 Å². The molecule has 0 atom stereocenters. The van der Waals surface area contributed by atoms with E-state index in [4.69, 9.17) is 14.4 Å². The van der Waals surface area contributed by atoms with Gasteiger partial charge in [0.1, 0.15) is 11.4 Å². The van der Waals surface area contributed by atoms with Gasteiger partial charge in [-0.15, -0.1) is 23.8 Å². The average molecular weight is 996 g/mol. The zero-order valence-electron chi connectivity index (χ0n) is 35.0. The van der Waals surface area contributed by atoms with E-state index in [-0.39, 0.29) is 25.9 Å². The van der Waals surface area contributed by atoms with Crippen molar-refractivity contribution < 1.29 is 28.9 Å². The Morgan fingerprint density at radius 3 is 2.11 bits per heavy atom. The van der Waals surface area contributed by atoms with Gasteiger partial charge in [0.15, 0.2) is 0 Å². The van der Waals surface area contributed by atoms with Crippen LogP contribution in [0.25, 0.3) is 55.6 Å². The van der Waals surface area contributed by atoms with E-state index in [0.29, 0.717) is 5.41 Å². The summed E-state index contributed by atoms with van der Waals surface area (Å²) in [6.07, 6.45) is 11.9. The van der Waals surface area contributed by atoms with E-state index in [1.165, 1.54) is 46.8 Å². The van der Waals surface area contributed by atoms with Crippen molar-refractivity contribution in [3.05, 3.63) is 137 Å². The van der Waals surface area contributed by atoms with Gasteiger partial charge >= 0.3 is 132 Å². The zero-order chi connectivity index (χ0) is 39.8. The second kappa shape index (κ2) is 17.5. The topological polar surface area (TPSA) is 38.9 Å². The zero-order valence-corrected chi connectivity index (χ0v) is 39.5. The monoisotopic (exact) mass is 997 g/mol. The van der Waals surface area contributed by atoms with E-state index in [2.05, 4.69) is 112 Å². The molecule has 8 rings (SSSR count). The van der Waals surface area contributed by atoms with Crippen molar-refractivity contribution in [2.45, 2.75) is 97.3 Å². The molecule has 297 valence electrons. The summed E-state index contributed by atoms with van der Waals surface area (Å²) >= 11 is -1.90. The molecule has 3 nitrogen and oxygen atoms in total. The smallest absolute Gasteiger partial charge is 0.123 e. The van der Waals surface area contributed by atoms with Crippen molar-refractivity contribution in [2.75, 3.05) is 0 Å². The number of fused-ring (bicyclic) bond motifs is 3. The first-order chi connectivity index (χ1) is 26.6. The van der Waals surface area contributed by atoms with Crippen molar-refractivity contribution in [3.8, 4) is 33.6 Å². The molecule has 3 heterocycles. The molecule has 1 fully saturated rings. The fourth-order valence-electron chi connectivity index (χ4n) is 8.45. The van der Waals surface area contributed by atoms with Gasteiger partial charge in [0.25, 0.3) is 0 Å². The largest absolute Gasteiger partial charge is 0.500 e. The van der Waals surface area contributed by atoms with Gasteiger partial charge in [0, 0.05) is 31.7 Å². The molecule has 0 amide bonds. The summed E-state index contributed by atoms with van der Waals surface area (Å²) in [6.45, 7) is 13.0. The number of halogens is 1. The Bertz CT molecular complexity index is 2480. The molecule has 4 aromatic carbocycles. The number of hydrogen-bond donors (Lipinski definition) is 0. The first kappa shape index (κ1) is 42.7. The summed E-state index contributed by atoms with van der Waals surface area (Å²) in [5.41, 5.74) is 14.1. The Morgan fingerprint density at radius 1 is 0.754 bits per heavy atom. The first-order valence-corrected chi connectivity index (χ1v) is 27.5. The predicted molar refractivity (Wildman–Crippen MR) is 236 cm³/mol. The number of pyridine rings is 2. The summed E-state index contributed by atoms with van der Waals surface area (Å²) in [5.74, 6) is 7.94. The van der Waals surface area contributed by atoms with Crippen LogP contribution in [0.4, 0.5) is 4.39 Å². The molecule has 0 saturated heterocycles. The Kier molecular flexibility index (Phi) is 13.1. The second-order valence-corrected chi connectivity index (χ2v) is 28.8. The molecule has 0 aliphatic heterocycles. The maximum absolute atomic E-state index is 13.8. The van der Waals surface area contributed by atoms with Crippen LogP contribution in [0.2, 0.25) is 17.3 Å². The maximum atomic E-state index is 13.8. The SMILES string of the molecule is CC(C)(C)Cc1cc(-c2[c-]cccc2)nc[c]1[Ge]([CH3])([CH3])[CH3].Cc1cc(-c2[c-]cc3oc4cc(-c5c(C)cc(F)cc5C)ccc4c3c2)ncc1CC1CCCC1.[Ir]. The van der Waals surface area contributed by atoms with Crippen molar-refractivity contribution in [1.82, 2.24) is 9.97 Å². The molecule has 6 heteroatoms. The molecule has 0 bridgehead atoms.